The lowest BCUT2D eigenvalue weighted by atomic mass is 10.1. The second-order valence-corrected chi connectivity index (χ2v) is 10.3. The van der Waals surface area contributed by atoms with Crippen molar-refractivity contribution >= 4 is 38.9 Å². The van der Waals surface area contributed by atoms with E-state index in [4.69, 9.17) is 9.72 Å². The van der Waals surface area contributed by atoms with Crippen molar-refractivity contribution in [1.82, 2.24) is 14.9 Å². The number of nitrogens with zero attached hydrogens (tertiary/aromatic N) is 4. The van der Waals surface area contributed by atoms with Crippen molar-refractivity contribution in [1.29, 1.82) is 0 Å². The van der Waals surface area contributed by atoms with Crippen LogP contribution in [0.2, 0.25) is 0 Å². The van der Waals surface area contributed by atoms with Crippen molar-refractivity contribution in [3.63, 3.8) is 0 Å². The minimum Gasteiger partial charge on any atom is -0.378 e. The van der Waals surface area contributed by atoms with E-state index in [-0.39, 0.29) is 10.8 Å². The number of fused-ring (bicyclic) bond motifs is 1. The summed E-state index contributed by atoms with van der Waals surface area (Å²) in [6, 6.07) is 14.1. The summed E-state index contributed by atoms with van der Waals surface area (Å²) in [6.07, 6.45) is 3.80. The lowest BCUT2D eigenvalue weighted by Gasteiger charge is -2.27. The minimum atomic E-state index is -3.25. The Kier molecular flexibility index (Phi) is 5.93. The molecule has 1 aromatic heterocycles. The van der Waals surface area contributed by atoms with Crippen LogP contribution < -0.4 is 10.2 Å². The molecule has 3 aromatic rings. The minimum absolute atomic E-state index is 0.0227. The van der Waals surface area contributed by atoms with E-state index in [0.717, 1.165) is 35.7 Å². The van der Waals surface area contributed by atoms with Gasteiger partial charge in [0.15, 0.2) is 9.84 Å². The van der Waals surface area contributed by atoms with E-state index in [1.807, 2.05) is 17.0 Å². The molecule has 9 nitrogen and oxygen atoms in total. The molecule has 0 spiro atoms. The maximum atomic E-state index is 12.8. The van der Waals surface area contributed by atoms with Crippen LogP contribution in [0.5, 0.6) is 0 Å². The van der Waals surface area contributed by atoms with Crippen LogP contribution in [0.3, 0.4) is 0 Å². The van der Waals surface area contributed by atoms with E-state index < -0.39 is 9.84 Å². The fraction of sp³-hybridized carbons (Fsp3) is 0.292. The van der Waals surface area contributed by atoms with Gasteiger partial charge in [0.25, 0.3) is 5.91 Å². The van der Waals surface area contributed by atoms with Crippen LogP contribution in [0.15, 0.2) is 59.6 Å². The smallest absolute Gasteiger partial charge is 0.254 e. The predicted molar refractivity (Wildman–Crippen MR) is 129 cm³/mol. The lowest BCUT2D eigenvalue weighted by molar-refractivity contribution is 0.0303. The number of sulfone groups is 1. The molecule has 0 unspecified atom stereocenters. The number of hydrogen-bond acceptors (Lipinski definition) is 8. The van der Waals surface area contributed by atoms with Crippen LogP contribution in [0.1, 0.15) is 15.9 Å². The first-order chi connectivity index (χ1) is 16.4. The molecule has 1 fully saturated rings. The van der Waals surface area contributed by atoms with Crippen LogP contribution in [0.4, 0.5) is 23.1 Å². The third-order valence-electron chi connectivity index (χ3n) is 5.94. The number of carbonyl (C=O) groups is 1. The first-order valence-corrected chi connectivity index (χ1v) is 13.0. The standard InChI is InChI=1S/C24H25N5O4S/c1-34(31,32)21-7-5-20(6-8-21)29-10-9-18-16-25-24(27-22(18)29)26-19-4-2-3-17(15-19)23(30)28-11-13-33-14-12-28/h2-8,15-16H,9-14H2,1H3,(H,25,26,27). The normalized spacial score (nSPS) is 15.8. The van der Waals surface area contributed by atoms with Crippen molar-refractivity contribution in [3.05, 3.63) is 65.9 Å². The summed E-state index contributed by atoms with van der Waals surface area (Å²) < 4.78 is 28.9. The summed E-state index contributed by atoms with van der Waals surface area (Å²) >= 11 is 0. The highest BCUT2D eigenvalue weighted by Crippen LogP contribution is 2.34. The third-order valence-corrected chi connectivity index (χ3v) is 7.07. The number of aromatic nitrogens is 2. The van der Waals surface area contributed by atoms with Gasteiger partial charge in [-0.25, -0.2) is 13.4 Å². The van der Waals surface area contributed by atoms with E-state index in [2.05, 4.69) is 10.3 Å². The lowest BCUT2D eigenvalue weighted by Crippen LogP contribution is -2.40. The molecule has 1 N–H and O–H groups in total. The van der Waals surface area contributed by atoms with Gasteiger partial charge in [0.2, 0.25) is 5.95 Å². The molecule has 0 saturated carbocycles. The highest BCUT2D eigenvalue weighted by atomic mass is 32.2. The van der Waals surface area contributed by atoms with Crippen LogP contribution in [0, 0.1) is 0 Å². The summed E-state index contributed by atoms with van der Waals surface area (Å²) in [6.45, 7) is 3.02. The number of rotatable bonds is 5. The van der Waals surface area contributed by atoms with Gasteiger partial charge in [0.05, 0.1) is 18.1 Å². The van der Waals surface area contributed by atoms with E-state index in [1.165, 1.54) is 6.26 Å². The van der Waals surface area contributed by atoms with Gasteiger partial charge in [0, 0.05) is 54.6 Å². The van der Waals surface area contributed by atoms with Crippen LogP contribution in [-0.2, 0) is 21.0 Å². The van der Waals surface area contributed by atoms with E-state index >= 15 is 0 Å². The van der Waals surface area contributed by atoms with Gasteiger partial charge >= 0.3 is 0 Å². The Morgan fingerprint density at radius 3 is 2.56 bits per heavy atom. The number of carbonyl (C=O) groups excluding carboxylic acids is 1. The van der Waals surface area contributed by atoms with E-state index in [9.17, 15) is 13.2 Å². The quantitative estimate of drug-likeness (QED) is 0.596. The summed E-state index contributed by atoms with van der Waals surface area (Å²) in [4.78, 5) is 26.1. The number of hydrogen-bond donors (Lipinski definition) is 1. The molecule has 2 aliphatic heterocycles. The van der Waals surface area contributed by atoms with Crippen molar-refractivity contribution in [3.8, 4) is 0 Å². The van der Waals surface area contributed by atoms with Gasteiger partial charge in [-0.1, -0.05) is 6.07 Å². The Morgan fingerprint density at radius 1 is 1.06 bits per heavy atom. The molecule has 0 atom stereocenters. The Balaban J connectivity index is 1.35. The number of ether oxygens (including phenoxy) is 1. The Bertz CT molecular complexity index is 1320. The molecule has 2 aromatic carbocycles. The number of benzene rings is 2. The average molecular weight is 480 g/mol. The molecule has 5 rings (SSSR count). The number of morpholine rings is 1. The first kappa shape index (κ1) is 22.3. The maximum absolute atomic E-state index is 12.8. The fourth-order valence-corrected chi connectivity index (χ4v) is 4.77. The van der Waals surface area contributed by atoms with Crippen molar-refractivity contribution in [2.45, 2.75) is 11.3 Å². The molecule has 176 valence electrons. The highest BCUT2D eigenvalue weighted by Gasteiger charge is 2.24. The van der Waals surface area contributed by atoms with Gasteiger partial charge < -0.3 is 19.9 Å². The van der Waals surface area contributed by atoms with E-state index in [0.29, 0.717) is 37.8 Å². The monoisotopic (exact) mass is 479 g/mol. The Labute approximate surface area is 198 Å². The molecule has 1 saturated heterocycles. The molecule has 0 aliphatic carbocycles. The van der Waals surface area contributed by atoms with Crippen LogP contribution >= 0.6 is 0 Å². The molecule has 2 aliphatic rings. The molecule has 10 heteroatoms. The van der Waals surface area contributed by atoms with Gasteiger partial charge in [-0.15, -0.1) is 0 Å². The van der Waals surface area contributed by atoms with Gasteiger partial charge in [0.1, 0.15) is 5.82 Å². The second-order valence-electron chi connectivity index (χ2n) is 8.32. The first-order valence-electron chi connectivity index (χ1n) is 11.1. The SMILES string of the molecule is CS(=O)(=O)c1ccc(N2CCc3cnc(Nc4cccc(C(=O)N5CCOCC5)c4)nc32)cc1. The summed E-state index contributed by atoms with van der Waals surface area (Å²) in [5.74, 6) is 1.19. The Hall–Kier alpha value is -3.50. The van der Waals surface area contributed by atoms with Crippen molar-refractivity contribution in [2.24, 2.45) is 0 Å². The molecular weight excluding hydrogens is 454 g/mol. The zero-order valence-corrected chi connectivity index (χ0v) is 19.6. The molecule has 3 heterocycles. The maximum Gasteiger partial charge on any atom is 0.254 e. The number of anilines is 4. The highest BCUT2D eigenvalue weighted by molar-refractivity contribution is 7.90. The van der Waals surface area contributed by atoms with Gasteiger partial charge in [-0.3, -0.25) is 4.79 Å². The van der Waals surface area contributed by atoms with Gasteiger partial charge in [-0.05, 0) is 48.9 Å². The second kappa shape index (κ2) is 9.03. The zero-order chi connectivity index (χ0) is 23.7. The van der Waals surface area contributed by atoms with Gasteiger partial charge in [-0.2, -0.15) is 4.98 Å². The zero-order valence-electron chi connectivity index (χ0n) is 18.8. The topological polar surface area (TPSA) is 105 Å². The van der Waals surface area contributed by atoms with Crippen LogP contribution in [-0.4, -0.2) is 68.3 Å². The fourth-order valence-electron chi connectivity index (χ4n) is 4.14. The molecular formula is C24H25N5O4S. The van der Waals surface area contributed by atoms with Crippen LogP contribution in [0.25, 0.3) is 0 Å². The van der Waals surface area contributed by atoms with Crippen molar-refractivity contribution in [2.75, 3.05) is 49.3 Å². The van der Waals surface area contributed by atoms with E-state index in [1.54, 1.807) is 47.5 Å². The summed E-state index contributed by atoms with van der Waals surface area (Å²) in [7, 11) is -3.25. The number of amides is 1. The number of nitrogens with one attached hydrogen (secondary N) is 1. The van der Waals surface area contributed by atoms with Crippen molar-refractivity contribution < 1.29 is 17.9 Å². The molecule has 0 bridgehead atoms. The predicted octanol–water partition coefficient (Wildman–Crippen LogP) is 2.79. The summed E-state index contributed by atoms with van der Waals surface area (Å²) in [5.41, 5.74) is 3.21. The largest absolute Gasteiger partial charge is 0.378 e. The Morgan fingerprint density at radius 2 is 1.82 bits per heavy atom. The molecule has 34 heavy (non-hydrogen) atoms. The summed E-state index contributed by atoms with van der Waals surface area (Å²) in [5, 5.41) is 3.21. The molecule has 1 amide bonds. The third kappa shape index (κ3) is 4.59. The molecule has 0 radical (unpaired) electrons. The average Bonchev–Trinajstić information content (AvgIpc) is 3.27.